The third kappa shape index (κ3) is 2.50. The molecule has 2 aromatic rings. The minimum Gasteiger partial charge on any atom is -0.496 e. The molecule has 0 N–H and O–H groups in total. The van der Waals surface area contributed by atoms with Gasteiger partial charge in [0, 0.05) is 17.1 Å². The number of carbonyl (C=O) groups excluding carboxylic acids is 1. The molecule has 4 heteroatoms. The van der Waals surface area contributed by atoms with E-state index in [0.29, 0.717) is 0 Å². The Morgan fingerprint density at radius 3 is 2.45 bits per heavy atom. The number of nitrogens with zero attached hydrogens (tertiary/aromatic N) is 1. The Hall–Kier alpha value is -1.97. The van der Waals surface area contributed by atoms with Gasteiger partial charge in [-0.25, -0.2) is 4.79 Å². The van der Waals surface area contributed by atoms with E-state index >= 15 is 0 Å². The Bertz CT molecular complexity index is 662. The molecular formula is C16H21NO3. The molecule has 4 nitrogen and oxygen atoms in total. The van der Waals surface area contributed by atoms with Crippen molar-refractivity contribution in [1.82, 2.24) is 4.57 Å². The maximum Gasteiger partial charge on any atom is 0.419 e. The molecule has 0 bridgehead atoms. The van der Waals surface area contributed by atoms with E-state index in [0.717, 1.165) is 27.8 Å². The van der Waals surface area contributed by atoms with Crippen LogP contribution in [0.25, 0.3) is 10.9 Å². The second-order valence-corrected chi connectivity index (χ2v) is 5.95. The number of aryl methyl sites for hydroxylation is 2. The standard InChI is InChI=1S/C16H21NO3/c1-10-9-13(19-6)11(2)12-7-8-17(14(10)12)15(18)20-16(3,4)5/h7-9H,1-6H3. The second-order valence-electron chi connectivity index (χ2n) is 5.95. The summed E-state index contributed by atoms with van der Waals surface area (Å²) in [6.07, 6.45) is 1.39. The molecule has 20 heavy (non-hydrogen) atoms. The summed E-state index contributed by atoms with van der Waals surface area (Å²) in [7, 11) is 1.65. The SMILES string of the molecule is COc1cc(C)c2c(ccn2C(=O)OC(C)(C)C)c1C. The van der Waals surface area contributed by atoms with E-state index in [1.54, 1.807) is 17.9 Å². The van der Waals surface area contributed by atoms with Gasteiger partial charge < -0.3 is 9.47 Å². The van der Waals surface area contributed by atoms with E-state index in [4.69, 9.17) is 9.47 Å². The van der Waals surface area contributed by atoms with Crippen molar-refractivity contribution in [2.45, 2.75) is 40.2 Å². The van der Waals surface area contributed by atoms with Crippen LogP contribution >= 0.6 is 0 Å². The van der Waals surface area contributed by atoms with Crippen molar-refractivity contribution in [3.8, 4) is 5.75 Å². The molecule has 0 saturated heterocycles. The number of hydrogen-bond donors (Lipinski definition) is 0. The van der Waals surface area contributed by atoms with Crippen LogP contribution in [0.2, 0.25) is 0 Å². The lowest BCUT2D eigenvalue weighted by molar-refractivity contribution is 0.0544. The monoisotopic (exact) mass is 275 g/mol. The molecular weight excluding hydrogens is 254 g/mol. The maximum atomic E-state index is 12.3. The molecule has 108 valence electrons. The second kappa shape index (κ2) is 4.85. The smallest absolute Gasteiger partial charge is 0.419 e. The van der Waals surface area contributed by atoms with E-state index in [-0.39, 0.29) is 6.09 Å². The van der Waals surface area contributed by atoms with Crippen LogP contribution in [0.4, 0.5) is 4.79 Å². The topological polar surface area (TPSA) is 40.5 Å². The van der Waals surface area contributed by atoms with Crippen molar-refractivity contribution >= 4 is 17.0 Å². The summed E-state index contributed by atoms with van der Waals surface area (Å²) in [5.41, 5.74) is 2.37. The molecule has 1 aromatic carbocycles. The van der Waals surface area contributed by atoms with Crippen LogP contribution in [0.5, 0.6) is 5.75 Å². The van der Waals surface area contributed by atoms with Crippen molar-refractivity contribution in [3.63, 3.8) is 0 Å². The van der Waals surface area contributed by atoms with Crippen LogP contribution in [0.15, 0.2) is 18.3 Å². The van der Waals surface area contributed by atoms with Gasteiger partial charge in [-0.15, -0.1) is 0 Å². The average molecular weight is 275 g/mol. The van der Waals surface area contributed by atoms with Crippen LogP contribution in [0, 0.1) is 13.8 Å². The summed E-state index contributed by atoms with van der Waals surface area (Å²) in [4.78, 5) is 12.3. The highest BCUT2D eigenvalue weighted by atomic mass is 16.6. The largest absolute Gasteiger partial charge is 0.496 e. The van der Waals surface area contributed by atoms with Crippen LogP contribution in [0.3, 0.4) is 0 Å². The van der Waals surface area contributed by atoms with E-state index in [1.807, 2.05) is 46.8 Å². The number of rotatable bonds is 1. The minimum atomic E-state index is -0.511. The van der Waals surface area contributed by atoms with Gasteiger partial charge in [-0.1, -0.05) is 0 Å². The highest BCUT2D eigenvalue weighted by Crippen LogP contribution is 2.31. The fraction of sp³-hybridized carbons (Fsp3) is 0.438. The number of hydrogen-bond acceptors (Lipinski definition) is 3. The summed E-state index contributed by atoms with van der Waals surface area (Å²) in [5.74, 6) is 0.830. The molecule has 0 amide bonds. The quantitative estimate of drug-likeness (QED) is 0.788. The molecule has 0 saturated carbocycles. The Morgan fingerprint density at radius 1 is 1.25 bits per heavy atom. The summed E-state index contributed by atoms with van der Waals surface area (Å²) in [5, 5.41) is 1.01. The highest BCUT2D eigenvalue weighted by Gasteiger charge is 2.21. The number of benzene rings is 1. The molecule has 0 radical (unpaired) electrons. The van der Waals surface area contributed by atoms with Gasteiger partial charge in [0.2, 0.25) is 0 Å². The zero-order chi connectivity index (χ0) is 15.1. The number of ether oxygens (including phenoxy) is 2. The van der Waals surface area contributed by atoms with Gasteiger partial charge in [-0.05, 0) is 52.3 Å². The molecule has 0 fully saturated rings. The normalized spacial score (nSPS) is 11.7. The van der Waals surface area contributed by atoms with Gasteiger partial charge >= 0.3 is 6.09 Å². The minimum absolute atomic E-state index is 0.361. The van der Waals surface area contributed by atoms with Gasteiger partial charge in [-0.2, -0.15) is 0 Å². The summed E-state index contributed by atoms with van der Waals surface area (Å²) in [6, 6.07) is 3.86. The number of fused-ring (bicyclic) bond motifs is 1. The summed E-state index contributed by atoms with van der Waals surface area (Å²) in [6.45, 7) is 9.53. The van der Waals surface area contributed by atoms with Gasteiger partial charge in [0.25, 0.3) is 0 Å². The number of aromatic nitrogens is 1. The number of carbonyl (C=O) groups is 1. The molecule has 0 spiro atoms. The fourth-order valence-corrected chi connectivity index (χ4v) is 2.32. The molecule has 0 unspecified atom stereocenters. The first kappa shape index (κ1) is 14.4. The lowest BCUT2D eigenvalue weighted by Crippen LogP contribution is -2.26. The first-order chi connectivity index (χ1) is 9.24. The third-order valence-electron chi connectivity index (χ3n) is 3.19. The van der Waals surface area contributed by atoms with Gasteiger partial charge in [0.1, 0.15) is 11.4 Å². The Morgan fingerprint density at radius 2 is 1.90 bits per heavy atom. The van der Waals surface area contributed by atoms with Crippen LogP contribution in [-0.4, -0.2) is 23.4 Å². The molecule has 0 aliphatic heterocycles. The molecule has 0 atom stereocenters. The Kier molecular flexibility index (Phi) is 3.50. The third-order valence-corrected chi connectivity index (χ3v) is 3.19. The summed E-state index contributed by atoms with van der Waals surface area (Å²) < 4.78 is 12.4. The molecule has 0 aliphatic rings. The van der Waals surface area contributed by atoms with E-state index < -0.39 is 5.60 Å². The molecule has 1 aromatic heterocycles. The molecule has 2 rings (SSSR count). The highest BCUT2D eigenvalue weighted by molar-refractivity contribution is 5.94. The van der Waals surface area contributed by atoms with Gasteiger partial charge in [-0.3, -0.25) is 4.57 Å². The predicted octanol–water partition coefficient (Wildman–Crippen LogP) is 4.05. The zero-order valence-electron chi connectivity index (χ0n) is 12.9. The Balaban J connectivity index is 2.58. The van der Waals surface area contributed by atoms with Crippen molar-refractivity contribution in [1.29, 1.82) is 0 Å². The molecule has 1 heterocycles. The lowest BCUT2D eigenvalue weighted by atomic mass is 10.1. The van der Waals surface area contributed by atoms with Crippen molar-refractivity contribution in [2.24, 2.45) is 0 Å². The lowest BCUT2D eigenvalue weighted by Gasteiger charge is -2.20. The first-order valence-corrected chi connectivity index (χ1v) is 6.63. The number of methoxy groups -OCH3 is 1. The van der Waals surface area contributed by atoms with Gasteiger partial charge in [0.05, 0.1) is 12.6 Å². The zero-order valence-corrected chi connectivity index (χ0v) is 12.9. The van der Waals surface area contributed by atoms with Gasteiger partial charge in [0.15, 0.2) is 0 Å². The van der Waals surface area contributed by atoms with E-state index in [2.05, 4.69) is 0 Å². The van der Waals surface area contributed by atoms with Crippen LogP contribution in [0.1, 0.15) is 31.9 Å². The van der Waals surface area contributed by atoms with E-state index in [1.165, 1.54) is 0 Å². The average Bonchev–Trinajstić information content (AvgIpc) is 2.77. The predicted molar refractivity (Wildman–Crippen MR) is 79.6 cm³/mol. The van der Waals surface area contributed by atoms with Crippen molar-refractivity contribution in [3.05, 3.63) is 29.5 Å². The van der Waals surface area contributed by atoms with Crippen molar-refractivity contribution < 1.29 is 14.3 Å². The first-order valence-electron chi connectivity index (χ1n) is 6.63. The fourth-order valence-electron chi connectivity index (χ4n) is 2.32. The molecule has 0 aliphatic carbocycles. The van der Waals surface area contributed by atoms with Crippen molar-refractivity contribution in [2.75, 3.05) is 7.11 Å². The maximum absolute atomic E-state index is 12.3. The van der Waals surface area contributed by atoms with Crippen LogP contribution < -0.4 is 4.74 Å². The van der Waals surface area contributed by atoms with E-state index in [9.17, 15) is 4.79 Å². The Labute approximate surface area is 119 Å². The summed E-state index contributed by atoms with van der Waals surface area (Å²) >= 11 is 0. The van der Waals surface area contributed by atoms with Crippen LogP contribution in [-0.2, 0) is 4.74 Å².